The Morgan fingerprint density at radius 2 is 1.94 bits per heavy atom. The summed E-state index contributed by atoms with van der Waals surface area (Å²) in [6.07, 6.45) is 0. The molecule has 0 fully saturated rings. The van der Waals surface area contributed by atoms with Gasteiger partial charge in [-0.2, -0.15) is 0 Å². The Labute approximate surface area is 104 Å². The maximum atomic E-state index is 6.09. The quantitative estimate of drug-likeness (QED) is 0.835. The molecule has 0 radical (unpaired) electrons. The lowest BCUT2D eigenvalue weighted by Crippen LogP contribution is -2.37. The molecule has 1 aromatic carbocycles. The Kier molecular flexibility index (Phi) is 4.40. The number of halogens is 1. The van der Waals surface area contributed by atoms with Crippen LogP contribution in [0.4, 0.5) is 0 Å². The maximum Gasteiger partial charge on any atom is 0.0438 e. The van der Waals surface area contributed by atoms with Gasteiger partial charge >= 0.3 is 0 Å². The molecule has 0 aliphatic heterocycles. The van der Waals surface area contributed by atoms with Gasteiger partial charge in [-0.1, -0.05) is 44.5 Å². The van der Waals surface area contributed by atoms with Gasteiger partial charge in [0.05, 0.1) is 0 Å². The Balaban J connectivity index is 2.58. The van der Waals surface area contributed by atoms with E-state index in [1.165, 1.54) is 5.56 Å². The van der Waals surface area contributed by atoms with Crippen molar-refractivity contribution in [1.82, 2.24) is 5.32 Å². The van der Waals surface area contributed by atoms with Crippen LogP contribution in [0.15, 0.2) is 18.2 Å². The van der Waals surface area contributed by atoms with E-state index in [9.17, 15) is 0 Å². The number of hydrogen-bond donors (Lipinski definition) is 1. The van der Waals surface area contributed by atoms with Crippen molar-refractivity contribution < 1.29 is 0 Å². The zero-order valence-electron chi connectivity index (χ0n) is 10.9. The monoisotopic (exact) mass is 239 g/mol. The van der Waals surface area contributed by atoms with Crippen LogP contribution in [0.2, 0.25) is 5.02 Å². The molecule has 90 valence electrons. The van der Waals surface area contributed by atoms with E-state index in [0.29, 0.717) is 6.04 Å². The summed E-state index contributed by atoms with van der Waals surface area (Å²) in [5, 5.41) is 4.38. The van der Waals surface area contributed by atoms with Crippen LogP contribution >= 0.6 is 11.6 Å². The van der Waals surface area contributed by atoms with E-state index in [0.717, 1.165) is 17.1 Å². The Hall–Kier alpha value is -0.530. The smallest absolute Gasteiger partial charge is 0.0438 e. The van der Waals surface area contributed by atoms with E-state index in [2.05, 4.69) is 45.1 Å². The standard InChI is InChI=1S/C14H22ClN/c1-10-6-7-12(8-13(10)15)9-16-11(2)14(3,4)5/h6-8,11,16H,9H2,1-5H3. The van der Waals surface area contributed by atoms with Crippen LogP contribution in [0.25, 0.3) is 0 Å². The third-order valence-corrected chi connectivity index (χ3v) is 3.55. The highest BCUT2D eigenvalue weighted by Gasteiger charge is 2.18. The third-order valence-electron chi connectivity index (χ3n) is 3.15. The Morgan fingerprint density at radius 1 is 1.31 bits per heavy atom. The highest BCUT2D eigenvalue weighted by Crippen LogP contribution is 2.20. The molecule has 0 aliphatic carbocycles. The predicted octanol–water partition coefficient (Wildman–Crippen LogP) is 4.17. The molecule has 0 amide bonds. The molecule has 0 heterocycles. The van der Waals surface area contributed by atoms with Crippen LogP contribution in [0.5, 0.6) is 0 Å². The highest BCUT2D eigenvalue weighted by atomic mass is 35.5. The molecule has 2 heteroatoms. The van der Waals surface area contributed by atoms with Crippen molar-refractivity contribution in [2.45, 2.75) is 47.2 Å². The van der Waals surface area contributed by atoms with E-state index in [-0.39, 0.29) is 5.41 Å². The van der Waals surface area contributed by atoms with Crippen molar-refractivity contribution in [3.05, 3.63) is 34.3 Å². The summed E-state index contributed by atoms with van der Waals surface area (Å²) in [6, 6.07) is 6.72. The molecule has 1 N–H and O–H groups in total. The second kappa shape index (κ2) is 5.20. The third kappa shape index (κ3) is 3.80. The molecular weight excluding hydrogens is 218 g/mol. The number of rotatable bonds is 3. The molecule has 1 nitrogen and oxygen atoms in total. The first-order valence-corrected chi connectivity index (χ1v) is 6.17. The first kappa shape index (κ1) is 13.5. The van der Waals surface area contributed by atoms with E-state index in [1.54, 1.807) is 0 Å². The van der Waals surface area contributed by atoms with Gasteiger partial charge in [-0.15, -0.1) is 0 Å². The lowest BCUT2D eigenvalue weighted by atomic mass is 9.88. The van der Waals surface area contributed by atoms with E-state index < -0.39 is 0 Å². The van der Waals surface area contributed by atoms with Gasteiger partial charge in [-0.25, -0.2) is 0 Å². The minimum atomic E-state index is 0.286. The average Bonchev–Trinajstić information content (AvgIpc) is 2.18. The summed E-state index contributed by atoms with van der Waals surface area (Å²) in [7, 11) is 0. The molecule has 1 rings (SSSR count). The zero-order chi connectivity index (χ0) is 12.3. The molecule has 1 aromatic rings. The molecule has 0 aromatic heterocycles. The molecule has 16 heavy (non-hydrogen) atoms. The van der Waals surface area contributed by atoms with E-state index in [4.69, 9.17) is 11.6 Å². The van der Waals surface area contributed by atoms with Gasteiger partial charge < -0.3 is 5.32 Å². The highest BCUT2D eigenvalue weighted by molar-refractivity contribution is 6.31. The van der Waals surface area contributed by atoms with Gasteiger partial charge in [0.1, 0.15) is 0 Å². The number of benzene rings is 1. The molecule has 1 unspecified atom stereocenters. The Morgan fingerprint density at radius 3 is 2.44 bits per heavy atom. The Bertz CT molecular complexity index is 352. The number of nitrogens with one attached hydrogen (secondary N) is 1. The summed E-state index contributed by atoms with van der Waals surface area (Å²) in [6.45, 7) is 11.8. The minimum Gasteiger partial charge on any atom is -0.310 e. The number of aryl methyl sites for hydroxylation is 1. The van der Waals surface area contributed by atoms with Crippen LogP contribution < -0.4 is 5.32 Å². The summed E-state index contributed by atoms with van der Waals surface area (Å²) in [4.78, 5) is 0. The fraction of sp³-hybridized carbons (Fsp3) is 0.571. The average molecular weight is 240 g/mol. The fourth-order valence-electron chi connectivity index (χ4n) is 1.32. The van der Waals surface area contributed by atoms with Gasteiger partial charge in [-0.3, -0.25) is 0 Å². The van der Waals surface area contributed by atoms with Gasteiger partial charge in [0.2, 0.25) is 0 Å². The lowest BCUT2D eigenvalue weighted by Gasteiger charge is -2.28. The molecule has 0 bridgehead atoms. The summed E-state index contributed by atoms with van der Waals surface area (Å²) in [5.41, 5.74) is 2.66. The first-order chi connectivity index (χ1) is 7.30. The van der Waals surface area contributed by atoms with Crippen molar-refractivity contribution in [2.24, 2.45) is 5.41 Å². The minimum absolute atomic E-state index is 0.286. The summed E-state index contributed by atoms with van der Waals surface area (Å²) >= 11 is 6.09. The SMILES string of the molecule is Cc1ccc(CNC(C)C(C)(C)C)cc1Cl. The van der Waals surface area contributed by atoms with Crippen LogP contribution in [0.1, 0.15) is 38.8 Å². The van der Waals surface area contributed by atoms with Crippen molar-refractivity contribution in [1.29, 1.82) is 0 Å². The molecule has 0 aliphatic rings. The van der Waals surface area contributed by atoms with Gasteiger partial charge in [0.15, 0.2) is 0 Å². The molecular formula is C14H22ClN. The fourth-order valence-corrected chi connectivity index (χ4v) is 1.53. The van der Waals surface area contributed by atoms with Crippen molar-refractivity contribution >= 4 is 11.6 Å². The van der Waals surface area contributed by atoms with Gasteiger partial charge in [-0.05, 0) is 36.5 Å². The van der Waals surface area contributed by atoms with E-state index in [1.807, 2.05) is 13.0 Å². The first-order valence-electron chi connectivity index (χ1n) is 5.79. The molecule has 0 saturated carbocycles. The largest absolute Gasteiger partial charge is 0.310 e. The van der Waals surface area contributed by atoms with Crippen molar-refractivity contribution in [3.63, 3.8) is 0 Å². The van der Waals surface area contributed by atoms with E-state index >= 15 is 0 Å². The summed E-state index contributed by atoms with van der Waals surface area (Å²) in [5.74, 6) is 0. The number of hydrogen-bond acceptors (Lipinski definition) is 1. The molecule has 0 spiro atoms. The maximum absolute atomic E-state index is 6.09. The van der Waals surface area contributed by atoms with Crippen LogP contribution in [0.3, 0.4) is 0 Å². The van der Waals surface area contributed by atoms with Crippen molar-refractivity contribution in [3.8, 4) is 0 Å². The van der Waals surface area contributed by atoms with Crippen LogP contribution in [-0.4, -0.2) is 6.04 Å². The van der Waals surface area contributed by atoms with Gasteiger partial charge in [0.25, 0.3) is 0 Å². The molecule has 0 saturated heterocycles. The zero-order valence-corrected chi connectivity index (χ0v) is 11.7. The normalized spacial score (nSPS) is 13.9. The predicted molar refractivity (Wildman–Crippen MR) is 71.9 cm³/mol. The second-order valence-corrected chi connectivity index (χ2v) is 5.96. The lowest BCUT2D eigenvalue weighted by molar-refractivity contribution is 0.285. The topological polar surface area (TPSA) is 12.0 Å². The van der Waals surface area contributed by atoms with Crippen LogP contribution in [-0.2, 0) is 6.54 Å². The molecule has 1 atom stereocenters. The summed E-state index contributed by atoms with van der Waals surface area (Å²) < 4.78 is 0. The van der Waals surface area contributed by atoms with Crippen LogP contribution in [0, 0.1) is 12.3 Å². The second-order valence-electron chi connectivity index (χ2n) is 5.55. The van der Waals surface area contributed by atoms with Gasteiger partial charge in [0, 0.05) is 17.6 Å². The van der Waals surface area contributed by atoms with Crippen molar-refractivity contribution in [2.75, 3.05) is 0 Å².